The zero-order valence-electron chi connectivity index (χ0n) is 19.2. The normalized spacial score (nSPS) is 12.4. The van der Waals surface area contributed by atoms with Crippen LogP contribution in [0.3, 0.4) is 0 Å². The van der Waals surface area contributed by atoms with Crippen molar-refractivity contribution in [3.8, 4) is 28.7 Å². The largest absolute Gasteiger partial charge is 0.496 e. The third-order valence-corrected chi connectivity index (χ3v) is 7.48. The third-order valence-electron chi connectivity index (χ3n) is 4.83. The van der Waals surface area contributed by atoms with E-state index in [4.69, 9.17) is 23.7 Å². The van der Waals surface area contributed by atoms with Gasteiger partial charge in [-0.15, -0.1) is 0 Å². The molecule has 1 atom stereocenters. The highest BCUT2D eigenvalue weighted by Gasteiger charge is 2.44. The van der Waals surface area contributed by atoms with Gasteiger partial charge in [-0.05, 0) is 26.0 Å². The number of rotatable bonds is 12. The maximum Gasteiger partial charge on any atom is 0.236 e. The lowest BCUT2D eigenvalue weighted by Crippen LogP contribution is -2.16. The summed E-state index contributed by atoms with van der Waals surface area (Å²) < 4.78 is 41.1. The summed E-state index contributed by atoms with van der Waals surface area (Å²) in [6, 6.07) is 7.78. The van der Waals surface area contributed by atoms with E-state index in [0.29, 0.717) is 5.75 Å². The van der Waals surface area contributed by atoms with Gasteiger partial charge in [0, 0.05) is 18.3 Å². The maximum atomic E-state index is 14.0. The van der Waals surface area contributed by atoms with E-state index in [2.05, 4.69) is 0 Å². The second-order valence-electron chi connectivity index (χ2n) is 6.57. The molecule has 0 fully saturated rings. The Bertz CT molecular complexity index is 981. The summed E-state index contributed by atoms with van der Waals surface area (Å²) >= 11 is 0. The van der Waals surface area contributed by atoms with Crippen LogP contribution in [0.1, 0.15) is 41.5 Å². The van der Waals surface area contributed by atoms with E-state index in [1.54, 1.807) is 32.0 Å². The minimum Gasteiger partial charge on any atom is -0.496 e. The van der Waals surface area contributed by atoms with Gasteiger partial charge < -0.3 is 28.2 Å². The lowest BCUT2D eigenvalue weighted by molar-refractivity contribution is 0.103. The van der Waals surface area contributed by atoms with Crippen molar-refractivity contribution in [2.24, 2.45) is 0 Å². The number of ether oxygens (including phenoxy) is 5. The van der Waals surface area contributed by atoms with Crippen LogP contribution in [-0.2, 0) is 4.57 Å². The average Bonchev–Trinajstić information content (AvgIpc) is 2.82. The lowest BCUT2D eigenvalue weighted by atomic mass is 10.2. The zero-order chi connectivity index (χ0) is 23.9. The summed E-state index contributed by atoms with van der Waals surface area (Å²) in [5.41, 5.74) is -1.80. The second-order valence-corrected chi connectivity index (χ2v) is 9.49. The van der Waals surface area contributed by atoms with E-state index in [1.165, 1.54) is 40.4 Å². The maximum absolute atomic E-state index is 14.0. The minimum atomic E-state index is -4.17. The van der Waals surface area contributed by atoms with Crippen LogP contribution in [0, 0.1) is 0 Å². The molecule has 0 heterocycles. The molecule has 174 valence electrons. The summed E-state index contributed by atoms with van der Waals surface area (Å²) in [5.74, 6) is 0.983. The quantitative estimate of drug-likeness (QED) is 0.410. The summed E-state index contributed by atoms with van der Waals surface area (Å²) in [7, 11) is 0.00942. The molecule has 2 aromatic rings. The molecular formula is C23H29O8P. The highest BCUT2D eigenvalue weighted by atomic mass is 31.2. The first-order chi connectivity index (χ1) is 15.3. The van der Waals surface area contributed by atoms with Crippen molar-refractivity contribution in [1.82, 2.24) is 0 Å². The molecule has 9 heteroatoms. The van der Waals surface area contributed by atoms with Crippen molar-refractivity contribution in [2.75, 3.05) is 40.7 Å². The highest BCUT2D eigenvalue weighted by Crippen LogP contribution is 2.56. The van der Waals surface area contributed by atoms with Crippen molar-refractivity contribution < 1.29 is 37.8 Å². The van der Waals surface area contributed by atoms with E-state index in [1.807, 2.05) is 0 Å². The van der Waals surface area contributed by atoms with Crippen LogP contribution in [0.25, 0.3) is 0 Å². The third kappa shape index (κ3) is 4.75. The molecule has 32 heavy (non-hydrogen) atoms. The Morgan fingerprint density at radius 1 is 0.750 bits per heavy atom. The predicted molar refractivity (Wildman–Crippen MR) is 122 cm³/mol. The molecule has 0 saturated heterocycles. The fourth-order valence-electron chi connectivity index (χ4n) is 3.23. The monoisotopic (exact) mass is 464 g/mol. The summed E-state index contributed by atoms with van der Waals surface area (Å²) in [4.78, 5) is 27.3. The Hall–Kier alpha value is -2.99. The molecule has 0 saturated carbocycles. The summed E-state index contributed by atoms with van der Waals surface area (Å²) in [6.45, 7) is 5.61. The van der Waals surface area contributed by atoms with Crippen molar-refractivity contribution in [3.63, 3.8) is 0 Å². The molecule has 0 radical (unpaired) electrons. The number of hydrogen-bond acceptors (Lipinski definition) is 8. The zero-order valence-corrected chi connectivity index (χ0v) is 20.1. The minimum absolute atomic E-state index is 0.0128. The van der Waals surface area contributed by atoms with Crippen molar-refractivity contribution in [3.05, 3.63) is 41.5 Å². The fraction of sp³-hybridized carbons (Fsp3) is 0.391. The average molecular weight is 464 g/mol. The van der Waals surface area contributed by atoms with Crippen LogP contribution in [0.5, 0.6) is 28.7 Å². The van der Waals surface area contributed by atoms with Gasteiger partial charge in [-0.2, -0.15) is 0 Å². The molecule has 1 unspecified atom stereocenters. The molecule has 0 spiro atoms. The molecule has 0 aromatic heterocycles. The first-order valence-corrected chi connectivity index (χ1v) is 12.1. The number of hydrogen-bond donors (Lipinski definition) is 0. The van der Waals surface area contributed by atoms with Gasteiger partial charge in [0.05, 0.1) is 34.5 Å². The molecule has 0 aliphatic heterocycles. The van der Waals surface area contributed by atoms with Gasteiger partial charge in [-0.25, -0.2) is 0 Å². The second kappa shape index (κ2) is 11.0. The van der Waals surface area contributed by atoms with Gasteiger partial charge in [0.2, 0.25) is 18.2 Å². The molecule has 0 amide bonds. The van der Waals surface area contributed by atoms with Gasteiger partial charge in [0.1, 0.15) is 39.9 Å². The van der Waals surface area contributed by atoms with Crippen LogP contribution in [0.4, 0.5) is 0 Å². The van der Waals surface area contributed by atoms with Gasteiger partial charge >= 0.3 is 0 Å². The molecule has 8 nitrogen and oxygen atoms in total. The summed E-state index contributed by atoms with van der Waals surface area (Å²) in [5, 5.41) is 0. The van der Waals surface area contributed by atoms with Gasteiger partial charge in [0.25, 0.3) is 0 Å². The van der Waals surface area contributed by atoms with Crippen LogP contribution < -0.4 is 23.7 Å². The lowest BCUT2D eigenvalue weighted by Gasteiger charge is -2.21. The van der Waals surface area contributed by atoms with E-state index in [-0.39, 0.29) is 53.5 Å². The molecule has 0 aliphatic rings. The van der Waals surface area contributed by atoms with Crippen LogP contribution in [0.15, 0.2) is 30.3 Å². The first-order valence-electron chi connectivity index (χ1n) is 10.2. The van der Waals surface area contributed by atoms with E-state index in [0.717, 1.165) is 0 Å². The molecule has 0 bridgehead atoms. The van der Waals surface area contributed by atoms with Crippen molar-refractivity contribution in [2.45, 2.75) is 20.8 Å². The number of carbonyl (C=O) groups excluding carboxylic acids is 2. The van der Waals surface area contributed by atoms with Crippen LogP contribution in [0.2, 0.25) is 0 Å². The molecule has 2 aromatic carbocycles. The Morgan fingerprint density at radius 3 is 1.53 bits per heavy atom. The van der Waals surface area contributed by atoms with Gasteiger partial charge in [0.15, 0.2) is 0 Å². The Morgan fingerprint density at radius 2 is 1.19 bits per heavy atom. The Kier molecular flexibility index (Phi) is 8.72. The van der Waals surface area contributed by atoms with E-state index >= 15 is 0 Å². The molecule has 0 aliphatic carbocycles. The van der Waals surface area contributed by atoms with Gasteiger partial charge in [-0.3, -0.25) is 9.59 Å². The molecule has 0 N–H and O–H groups in total. The predicted octanol–water partition coefficient (Wildman–Crippen LogP) is 4.87. The van der Waals surface area contributed by atoms with Crippen molar-refractivity contribution >= 4 is 18.2 Å². The number of carbonyl (C=O) groups is 2. The SMILES string of the molecule is CCOc1cccc(OCC)c1C(=O)P(=O)(CC)C(=O)c1c(OC)cc(OC)cc1OC. The standard InChI is InChI=1S/C23H29O8P/c1-7-30-16-11-10-12-17(31-8-2)20(16)22(24)32(26,9-3)23(25)21-18(28-5)13-15(27-4)14-19(21)29-6/h10-14H,7-9H2,1-6H3. The van der Waals surface area contributed by atoms with Crippen molar-refractivity contribution in [1.29, 1.82) is 0 Å². The van der Waals surface area contributed by atoms with Gasteiger partial charge in [-0.1, -0.05) is 13.0 Å². The van der Waals surface area contributed by atoms with E-state index < -0.39 is 18.2 Å². The smallest absolute Gasteiger partial charge is 0.236 e. The first kappa shape index (κ1) is 25.3. The molecule has 2 rings (SSSR count). The Labute approximate surface area is 188 Å². The fourth-order valence-corrected chi connectivity index (χ4v) is 5.15. The molecular weight excluding hydrogens is 435 g/mol. The summed E-state index contributed by atoms with van der Waals surface area (Å²) in [6.07, 6.45) is -0.199. The topological polar surface area (TPSA) is 97.4 Å². The number of benzene rings is 2. The van der Waals surface area contributed by atoms with E-state index in [9.17, 15) is 14.2 Å². The van der Waals surface area contributed by atoms with Crippen LogP contribution >= 0.6 is 7.14 Å². The highest BCUT2D eigenvalue weighted by molar-refractivity contribution is 7.95. The Balaban J connectivity index is 2.72. The number of methoxy groups -OCH3 is 3. The van der Waals surface area contributed by atoms with Crippen LogP contribution in [-0.4, -0.2) is 51.8 Å².